The Bertz CT molecular complexity index is 1150. The van der Waals surface area contributed by atoms with Gasteiger partial charge in [-0.1, -0.05) is 42.1 Å². The van der Waals surface area contributed by atoms with Gasteiger partial charge >= 0.3 is 0 Å². The molecule has 1 amide bonds. The molecule has 0 radical (unpaired) electrons. The van der Waals surface area contributed by atoms with Crippen molar-refractivity contribution in [3.63, 3.8) is 0 Å². The Morgan fingerprint density at radius 1 is 0.879 bits per heavy atom. The Morgan fingerprint density at radius 2 is 1.61 bits per heavy atom. The molecule has 4 heterocycles. The molecule has 0 spiro atoms. The highest BCUT2D eigenvalue weighted by Gasteiger charge is 2.23. The van der Waals surface area contributed by atoms with Crippen molar-refractivity contribution >= 4 is 40.3 Å². The number of piperazine rings is 1. The first kappa shape index (κ1) is 22.3. The molecule has 3 aromatic heterocycles. The van der Waals surface area contributed by atoms with Crippen LogP contribution < -0.4 is 0 Å². The fourth-order valence-corrected chi connectivity index (χ4v) is 6.23. The maximum absolute atomic E-state index is 12.9. The Labute approximate surface area is 205 Å². The summed E-state index contributed by atoms with van der Waals surface area (Å²) < 4.78 is 2.08. The number of carbonyl (C=O) groups is 1. The van der Waals surface area contributed by atoms with Gasteiger partial charge in [0.25, 0.3) is 0 Å². The molecule has 0 N–H and O–H groups in total. The van der Waals surface area contributed by atoms with E-state index >= 15 is 0 Å². The van der Waals surface area contributed by atoms with E-state index in [9.17, 15) is 4.79 Å². The molecule has 1 aromatic carbocycles. The van der Waals surface area contributed by atoms with E-state index in [1.807, 2.05) is 23.1 Å². The van der Waals surface area contributed by atoms with Gasteiger partial charge in [-0.15, -0.1) is 32.9 Å². The summed E-state index contributed by atoms with van der Waals surface area (Å²) in [6.07, 6.45) is 0.722. The van der Waals surface area contributed by atoms with Crippen molar-refractivity contribution in [2.75, 3.05) is 31.9 Å². The Balaban J connectivity index is 1.22. The molecule has 0 saturated carbocycles. The molecule has 6 nitrogen and oxygen atoms in total. The molecule has 33 heavy (non-hydrogen) atoms. The molecule has 0 unspecified atom stereocenters. The van der Waals surface area contributed by atoms with Gasteiger partial charge in [0, 0.05) is 54.6 Å². The third kappa shape index (κ3) is 5.55. The predicted octanol–water partition coefficient (Wildman–Crippen LogP) is 4.42. The van der Waals surface area contributed by atoms with Crippen molar-refractivity contribution < 1.29 is 4.79 Å². The second-order valence-electron chi connectivity index (χ2n) is 7.85. The van der Waals surface area contributed by atoms with Gasteiger partial charge in [-0.05, 0) is 35.0 Å². The lowest BCUT2D eigenvalue weighted by molar-refractivity contribution is -0.130. The van der Waals surface area contributed by atoms with Crippen LogP contribution in [-0.2, 0) is 17.8 Å². The van der Waals surface area contributed by atoms with E-state index in [0.717, 1.165) is 55.8 Å². The van der Waals surface area contributed by atoms with Gasteiger partial charge in [0.1, 0.15) is 5.82 Å². The fourth-order valence-electron chi connectivity index (χ4n) is 3.91. The monoisotopic (exact) mass is 495 g/mol. The van der Waals surface area contributed by atoms with Gasteiger partial charge in [0.2, 0.25) is 5.91 Å². The summed E-state index contributed by atoms with van der Waals surface area (Å²) in [5, 5.41) is 13.9. The lowest BCUT2D eigenvalue weighted by Crippen LogP contribution is -2.48. The number of amides is 1. The number of carbonyl (C=O) groups excluding carboxylic acids is 1. The van der Waals surface area contributed by atoms with E-state index in [2.05, 4.69) is 66.8 Å². The first-order chi connectivity index (χ1) is 16.3. The number of rotatable bonds is 8. The van der Waals surface area contributed by atoms with Crippen LogP contribution in [0.3, 0.4) is 0 Å². The fraction of sp³-hybridized carbons (Fsp3) is 0.292. The second-order valence-corrected chi connectivity index (χ2v) is 10.9. The smallest absolute Gasteiger partial charge is 0.233 e. The Kier molecular flexibility index (Phi) is 7.21. The zero-order chi connectivity index (χ0) is 22.5. The second kappa shape index (κ2) is 10.6. The van der Waals surface area contributed by atoms with E-state index in [-0.39, 0.29) is 5.91 Å². The van der Waals surface area contributed by atoms with E-state index in [0.29, 0.717) is 5.75 Å². The van der Waals surface area contributed by atoms with E-state index in [4.69, 9.17) is 0 Å². The minimum absolute atomic E-state index is 0.165. The third-order valence-corrected chi connectivity index (χ3v) is 8.29. The quantitative estimate of drug-likeness (QED) is 0.339. The maximum atomic E-state index is 12.9. The standard InChI is InChI=1S/C24H25N5OS3/c30-23(28-12-10-27(11-13-28)17-21-9-5-15-32-21)18-33-24-26-25-22(16-20-8-4-14-31-20)29(24)19-6-2-1-3-7-19/h1-9,14-15H,10-13,16-18H2. The predicted molar refractivity (Wildman–Crippen MR) is 135 cm³/mol. The van der Waals surface area contributed by atoms with Crippen molar-refractivity contribution in [2.24, 2.45) is 0 Å². The number of hydrogen-bond acceptors (Lipinski definition) is 7. The summed E-state index contributed by atoms with van der Waals surface area (Å²) in [7, 11) is 0. The Hall–Kier alpha value is -2.46. The van der Waals surface area contributed by atoms with Crippen LogP contribution in [0.2, 0.25) is 0 Å². The van der Waals surface area contributed by atoms with Crippen molar-refractivity contribution in [3.8, 4) is 5.69 Å². The summed E-state index contributed by atoms with van der Waals surface area (Å²) in [6, 6.07) is 18.6. The minimum Gasteiger partial charge on any atom is -0.339 e. The molecule has 1 fully saturated rings. The van der Waals surface area contributed by atoms with Crippen molar-refractivity contribution in [3.05, 3.63) is 80.9 Å². The van der Waals surface area contributed by atoms with Crippen molar-refractivity contribution in [1.82, 2.24) is 24.6 Å². The number of thioether (sulfide) groups is 1. The SMILES string of the molecule is O=C(CSc1nnc(Cc2cccs2)n1-c1ccccc1)N1CCN(Cc2cccs2)CC1. The average Bonchev–Trinajstić information content (AvgIpc) is 3.62. The van der Waals surface area contributed by atoms with Gasteiger partial charge in [0.05, 0.1) is 5.75 Å². The summed E-state index contributed by atoms with van der Waals surface area (Å²) in [5.41, 5.74) is 1.02. The number of benzene rings is 1. The third-order valence-electron chi connectivity index (χ3n) is 5.64. The summed E-state index contributed by atoms with van der Waals surface area (Å²) in [6.45, 7) is 4.36. The van der Waals surface area contributed by atoms with Crippen LogP contribution in [0, 0.1) is 0 Å². The number of para-hydroxylation sites is 1. The molecule has 9 heteroatoms. The molecule has 5 rings (SSSR count). The number of hydrogen-bond donors (Lipinski definition) is 0. The molecule has 1 aliphatic heterocycles. The first-order valence-corrected chi connectivity index (χ1v) is 13.7. The highest BCUT2D eigenvalue weighted by atomic mass is 32.2. The zero-order valence-corrected chi connectivity index (χ0v) is 20.6. The summed E-state index contributed by atoms with van der Waals surface area (Å²) in [4.78, 5) is 20.0. The van der Waals surface area contributed by atoms with E-state index in [1.54, 1.807) is 22.7 Å². The van der Waals surface area contributed by atoms with Gasteiger partial charge in [-0.3, -0.25) is 14.3 Å². The van der Waals surface area contributed by atoms with Crippen LogP contribution in [0.5, 0.6) is 0 Å². The first-order valence-electron chi connectivity index (χ1n) is 10.9. The van der Waals surface area contributed by atoms with Crippen LogP contribution in [0.15, 0.2) is 70.5 Å². The summed E-state index contributed by atoms with van der Waals surface area (Å²) >= 11 is 4.98. The topological polar surface area (TPSA) is 54.3 Å². The lowest BCUT2D eigenvalue weighted by Gasteiger charge is -2.34. The Morgan fingerprint density at radius 3 is 2.30 bits per heavy atom. The average molecular weight is 496 g/mol. The largest absolute Gasteiger partial charge is 0.339 e. The maximum Gasteiger partial charge on any atom is 0.233 e. The molecular weight excluding hydrogens is 470 g/mol. The van der Waals surface area contributed by atoms with Crippen molar-refractivity contribution in [1.29, 1.82) is 0 Å². The van der Waals surface area contributed by atoms with Crippen LogP contribution in [0.25, 0.3) is 5.69 Å². The van der Waals surface area contributed by atoms with Gasteiger partial charge in [-0.2, -0.15) is 0 Å². The number of nitrogens with zero attached hydrogens (tertiary/aromatic N) is 5. The normalized spacial score (nSPS) is 14.6. The van der Waals surface area contributed by atoms with E-state index < -0.39 is 0 Å². The van der Waals surface area contributed by atoms with E-state index in [1.165, 1.54) is 21.5 Å². The highest BCUT2D eigenvalue weighted by molar-refractivity contribution is 7.99. The molecule has 4 aromatic rings. The number of aromatic nitrogens is 3. The van der Waals surface area contributed by atoms with Crippen LogP contribution >= 0.6 is 34.4 Å². The van der Waals surface area contributed by atoms with Crippen LogP contribution in [0.4, 0.5) is 0 Å². The summed E-state index contributed by atoms with van der Waals surface area (Å²) in [5.74, 6) is 1.42. The molecule has 170 valence electrons. The molecule has 0 aliphatic carbocycles. The lowest BCUT2D eigenvalue weighted by atomic mass is 10.3. The van der Waals surface area contributed by atoms with Crippen LogP contribution in [-0.4, -0.2) is 62.4 Å². The highest BCUT2D eigenvalue weighted by Crippen LogP contribution is 2.25. The zero-order valence-electron chi connectivity index (χ0n) is 18.2. The van der Waals surface area contributed by atoms with Gasteiger partial charge < -0.3 is 4.90 Å². The van der Waals surface area contributed by atoms with Gasteiger partial charge in [0.15, 0.2) is 5.16 Å². The molecule has 0 bridgehead atoms. The minimum atomic E-state index is 0.165. The van der Waals surface area contributed by atoms with Crippen LogP contribution in [0.1, 0.15) is 15.6 Å². The molecule has 1 aliphatic rings. The molecule has 1 saturated heterocycles. The molecule has 0 atom stereocenters. The van der Waals surface area contributed by atoms with Gasteiger partial charge in [-0.25, -0.2) is 0 Å². The van der Waals surface area contributed by atoms with Crippen molar-refractivity contribution in [2.45, 2.75) is 18.1 Å². The molecular formula is C24H25N5OS3. The number of thiophene rings is 2.